The van der Waals surface area contributed by atoms with Crippen molar-refractivity contribution in [3.05, 3.63) is 120 Å². The van der Waals surface area contributed by atoms with Crippen LogP contribution in [-0.4, -0.2) is 18.8 Å². The molecule has 0 unspecified atom stereocenters. The van der Waals surface area contributed by atoms with Crippen LogP contribution in [0.15, 0.2) is 115 Å². The van der Waals surface area contributed by atoms with Crippen LogP contribution < -0.4 is 14.0 Å². The van der Waals surface area contributed by atoms with Gasteiger partial charge in [-0.05, 0) is 0 Å². The predicted octanol–water partition coefficient (Wildman–Crippen LogP) is 3.72. The van der Waals surface area contributed by atoms with Crippen LogP contribution >= 0.6 is 11.6 Å². The zero-order valence-electron chi connectivity index (χ0n) is 14.3. The third kappa shape index (κ3) is 3.09. The first-order chi connectivity index (χ1) is 12.8. The Kier molecular flexibility index (Phi) is 5.16. The van der Waals surface area contributed by atoms with Crippen LogP contribution in [0.4, 0.5) is 0 Å². The molecule has 0 bridgehead atoms. The van der Waals surface area contributed by atoms with Crippen molar-refractivity contribution in [2.45, 2.75) is 0 Å². The van der Waals surface area contributed by atoms with E-state index in [9.17, 15) is 0 Å². The molecule has 4 aromatic rings. The summed E-state index contributed by atoms with van der Waals surface area (Å²) in [6.07, 6.45) is 0. The molecule has 0 fully saturated rings. The number of halogens is 1. The molecule has 0 aliphatic carbocycles. The molecule has 0 amide bonds. The summed E-state index contributed by atoms with van der Waals surface area (Å²) in [7, 11) is 0. The minimum absolute atomic E-state index is 0.795. The van der Waals surface area contributed by atoms with Crippen LogP contribution in [0.5, 0.6) is 0 Å². The molecule has 26 heavy (non-hydrogen) atoms. The molecule has 1 radical (unpaired) electrons. The summed E-state index contributed by atoms with van der Waals surface area (Å²) < 4.78 is 5.63. The molecule has 0 aliphatic heterocycles. The molecule has 0 saturated heterocycles. The summed E-state index contributed by atoms with van der Waals surface area (Å²) in [4.78, 5) is 0. The van der Waals surface area contributed by atoms with E-state index in [0.717, 1.165) is 5.02 Å². The summed E-state index contributed by atoms with van der Waals surface area (Å²) in [5, 5.41) is 0.795. The topological polar surface area (TPSA) is 0 Å². The van der Waals surface area contributed by atoms with Crippen molar-refractivity contribution in [3.63, 3.8) is 0 Å². The van der Waals surface area contributed by atoms with Crippen molar-refractivity contribution in [2.75, 3.05) is 0 Å². The molecule has 4 aromatic carbocycles. The molecule has 0 saturated carbocycles. The Morgan fingerprint density at radius 1 is 0.423 bits per heavy atom. The average Bonchev–Trinajstić information content (AvgIpc) is 2.71. The number of rotatable bonds is 4. The third-order valence-corrected chi connectivity index (χ3v) is 17.1. The van der Waals surface area contributed by atoms with Crippen LogP contribution in [0.25, 0.3) is 0 Å². The fourth-order valence-corrected chi connectivity index (χ4v) is 16.2. The molecule has 0 spiro atoms. The van der Waals surface area contributed by atoms with Gasteiger partial charge in [-0.1, -0.05) is 0 Å². The molecular weight excluding hydrogens is 445 g/mol. The molecule has 2 heteroatoms. The van der Waals surface area contributed by atoms with Gasteiger partial charge in [0.05, 0.1) is 0 Å². The summed E-state index contributed by atoms with van der Waals surface area (Å²) in [6.45, 7) is 0. The van der Waals surface area contributed by atoms with Crippen LogP contribution in [0.1, 0.15) is 0 Å². The quantitative estimate of drug-likeness (QED) is 0.404. The van der Waals surface area contributed by atoms with Crippen molar-refractivity contribution in [1.82, 2.24) is 0 Å². The van der Waals surface area contributed by atoms with Gasteiger partial charge in [0.1, 0.15) is 0 Å². The van der Waals surface area contributed by atoms with E-state index in [-0.39, 0.29) is 0 Å². The van der Waals surface area contributed by atoms with Gasteiger partial charge >= 0.3 is 165 Å². The van der Waals surface area contributed by atoms with Gasteiger partial charge in [-0.2, -0.15) is 0 Å². The Labute approximate surface area is 164 Å². The first kappa shape index (κ1) is 17.4. The maximum absolute atomic E-state index is 6.45. The second-order valence-electron chi connectivity index (χ2n) is 6.16. The molecule has 4 rings (SSSR count). The number of benzene rings is 4. The number of hydrogen-bond donors (Lipinski definition) is 0. The molecule has 0 aromatic heterocycles. The first-order valence-electron chi connectivity index (χ1n) is 8.64. The van der Waals surface area contributed by atoms with Gasteiger partial charge in [0.15, 0.2) is 0 Å². The second-order valence-corrected chi connectivity index (χ2v) is 16.3. The Hall–Kier alpha value is -2.01. The summed E-state index contributed by atoms with van der Waals surface area (Å²) in [5.74, 6) is 0. The van der Waals surface area contributed by atoms with Crippen LogP contribution in [-0.2, 0) is 0 Å². The monoisotopic (exact) mass is 463 g/mol. The summed E-state index contributed by atoms with van der Waals surface area (Å²) >= 11 is 3.15. The Bertz CT molecular complexity index is 885. The molecule has 0 nitrogen and oxygen atoms in total. The SMILES string of the molecule is Clc1ccc[c]([Sb]([c]2ccccc2)([c]2ccccc2)[c]2ccccc2)c1. The zero-order valence-corrected chi connectivity index (χ0v) is 17.6. The van der Waals surface area contributed by atoms with E-state index in [1.54, 1.807) is 0 Å². The van der Waals surface area contributed by atoms with Gasteiger partial charge in [-0.3, -0.25) is 0 Å². The van der Waals surface area contributed by atoms with E-state index in [4.69, 9.17) is 11.6 Å². The van der Waals surface area contributed by atoms with Crippen molar-refractivity contribution in [1.29, 1.82) is 0 Å². The van der Waals surface area contributed by atoms with E-state index in [1.807, 2.05) is 6.07 Å². The summed E-state index contributed by atoms with van der Waals surface area (Å²) in [6, 6.07) is 41.3. The normalized spacial score (nSPS) is 11.3. The van der Waals surface area contributed by atoms with E-state index in [2.05, 4.69) is 109 Å². The maximum atomic E-state index is 6.45. The van der Waals surface area contributed by atoms with Crippen LogP contribution in [0.3, 0.4) is 0 Å². The fraction of sp³-hybridized carbons (Fsp3) is 0. The van der Waals surface area contributed by atoms with Crippen molar-refractivity contribution < 1.29 is 0 Å². The van der Waals surface area contributed by atoms with Gasteiger partial charge in [-0.15, -0.1) is 0 Å². The third-order valence-electron chi connectivity index (χ3n) is 4.63. The Balaban J connectivity index is 2.14. The fourth-order valence-electron chi connectivity index (χ4n) is 3.53. The average molecular weight is 465 g/mol. The van der Waals surface area contributed by atoms with Crippen molar-refractivity contribution in [3.8, 4) is 0 Å². The van der Waals surface area contributed by atoms with E-state index >= 15 is 0 Å². The van der Waals surface area contributed by atoms with Gasteiger partial charge in [0, 0.05) is 0 Å². The number of hydrogen-bond acceptors (Lipinski definition) is 0. The van der Waals surface area contributed by atoms with Crippen molar-refractivity contribution in [2.24, 2.45) is 0 Å². The Morgan fingerprint density at radius 3 is 1.19 bits per heavy atom. The van der Waals surface area contributed by atoms with Crippen LogP contribution in [0, 0.1) is 0 Å². The molecule has 0 aliphatic rings. The molecule has 0 atom stereocenters. The second kappa shape index (κ2) is 7.70. The standard InChI is InChI=1S/C6H4Cl.3C6H5.Sb/c7-6-4-2-1-3-5-6;3*1-2-4-6-5-3-1;/h1-2,4-5H;3*1-5H;. The Morgan fingerprint density at radius 2 is 0.808 bits per heavy atom. The molecular formula is C24H19ClSb. The van der Waals surface area contributed by atoms with E-state index < -0.39 is 18.8 Å². The van der Waals surface area contributed by atoms with Gasteiger partial charge in [-0.25, -0.2) is 0 Å². The van der Waals surface area contributed by atoms with Crippen LogP contribution in [0.2, 0.25) is 5.02 Å². The van der Waals surface area contributed by atoms with Gasteiger partial charge < -0.3 is 0 Å². The van der Waals surface area contributed by atoms with E-state index in [1.165, 1.54) is 14.0 Å². The minimum atomic E-state index is -3.29. The summed E-state index contributed by atoms with van der Waals surface area (Å²) in [5.41, 5.74) is 0. The van der Waals surface area contributed by atoms with Crippen molar-refractivity contribution >= 4 is 44.4 Å². The van der Waals surface area contributed by atoms with Gasteiger partial charge in [0.2, 0.25) is 0 Å². The molecule has 0 N–H and O–H groups in total. The predicted molar refractivity (Wildman–Crippen MR) is 115 cm³/mol. The molecule has 127 valence electrons. The van der Waals surface area contributed by atoms with E-state index in [0.29, 0.717) is 0 Å². The molecule has 0 heterocycles. The van der Waals surface area contributed by atoms with Gasteiger partial charge in [0.25, 0.3) is 0 Å². The first-order valence-corrected chi connectivity index (χ1v) is 14.1. The zero-order chi connectivity index (χ0) is 17.8.